The molecule has 3 aromatic carbocycles. The molecule has 6 nitrogen and oxygen atoms in total. The van der Waals surface area contributed by atoms with Gasteiger partial charge >= 0.3 is 5.97 Å². The highest BCUT2D eigenvalue weighted by Crippen LogP contribution is 2.28. The highest BCUT2D eigenvalue weighted by Gasteiger charge is 2.14. The zero-order valence-corrected chi connectivity index (χ0v) is 16.6. The van der Waals surface area contributed by atoms with Crippen molar-refractivity contribution in [3.8, 4) is 11.5 Å². The average Bonchev–Trinajstić information content (AvgIpc) is 2.76. The minimum Gasteiger partial charge on any atom is -0.493 e. The second-order valence-electron chi connectivity index (χ2n) is 6.54. The molecule has 0 saturated carbocycles. The van der Waals surface area contributed by atoms with Crippen LogP contribution >= 0.6 is 0 Å². The van der Waals surface area contributed by atoms with E-state index in [-0.39, 0.29) is 18.6 Å². The van der Waals surface area contributed by atoms with E-state index in [2.05, 4.69) is 22.2 Å². The zero-order valence-electron chi connectivity index (χ0n) is 16.6. The summed E-state index contributed by atoms with van der Waals surface area (Å²) in [4.78, 5) is 23.9. The smallest absolute Gasteiger partial charge is 0.337 e. The molecule has 6 heteroatoms. The number of fused-ring (bicyclic) bond motifs is 1. The zero-order chi connectivity index (χ0) is 20.8. The molecule has 1 N–H and O–H groups in total. The Bertz CT molecular complexity index is 1030. The van der Waals surface area contributed by atoms with Gasteiger partial charge in [0.05, 0.1) is 25.8 Å². The first-order valence-corrected chi connectivity index (χ1v) is 9.19. The molecule has 0 bridgehead atoms. The number of hydrogen-bond donors (Lipinski definition) is 1. The number of ether oxygens (including phenoxy) is 3. The third kappa shape index (κ3) is 4.85. The molecule has 29 heavy (non-hydrogen) atoms. The standard InChI is InChI=1S/C23H23NO5/c1-15(17-9-8-16-6-4-5-7-18(16)12-17)24-22(25)14-29-20-11-10-19(23(26)28-3)13-21(20)27-2/h4-13,15H,14H2,1-3H3,(H,24,25). The van der Waals surface area contributed by atoms with Crippen LogP contribution < -0.4 is 14.8 Å². The summed E-state index contributed by atoms with van der Waals surface area (Å²) in [6, 6.07) is 18.7. The van der Waals surface area contributed by atoms with E-state index in [1.165, 1.54) is 20.3 Å². The molecular formula is C23H23NO5. The Hall–Kier alpha value is -3.54. The largest absolute Gasteiger partial charge is 0.493 e. The van der Waals surface area contributed by atoms with Gasteiger partial charge < -0.3 is 19.5 Å². The molecule has 1 atom stereocenters. The molecule has 3 rings (SSSR count). The van der Waals surface area contributed by atoms with E-state index in [0.29, 0.717) is 17.1 Å². The van der Waals surface area contributed by atoms with Crippen LogP contribution in [0.1, 0.15) is 28.9 Å². The Labute approximate surface area is 169 Å². The first-order valence-electron chi connectivity index (χ1n) is 9.19. The Balaban J connectivity index is 1.62. The van der Waals surface area contributed by atoms with E-state index < -0.39 is 5.97 Å². The van der Waals surface area contributed by atoms with Crippen molar-refractivity contribution in [1.29, 1.82) is 0 Å². The van der Waals surface area contributed by atoms with Crippen molar-refractivity contribution in [2.45, 2.75) is 13.0 Å². The number of carbonyl (C=O) groups is 2. The van der Waals surface area contributed by atoms with Crippen molar-refractivity contribution in [3.05, 3.63) is 71.8 Å². The van der Waals surface area contributed by atoms with Crippen LogP contribution in [0.2, 0.25) is 0 Å². The topological polar surface area (TPSA) is 73.9 Å². The number of esters is 1. The molecule has 1 amide bonds. The van der Waals surface area contributed by atoms with Gasteiger partial charge in [-0.15, -0.1) is 0 Å². The maximum Gasteiger partial charge on any atom is 0.337 e. The first-order chi connectivity index (χ1) is 14.0. The quantitative estimate of drug-likeness (QED) is 0.617. The van der Waals surface area contributed by atoms with Crippen LogP contribution in [-0.2, 0) is 9.53 Å². The highest BCUT2D eigenvalue weighted by atomic mass is 16.5. The monoisotopic (exact) mass is 393 g/mol. The summed E-state index contributed by atoms with van der Waals surface area (Å²) >= 11 is 0. The van der Waals surface area contributed by atoms with Crippen LogP contribution in [0.25, 0.3) is 10.8 Å². The number of benzene rings is 3. The normalized spacial score (nSPS) is 11.6. The van der Waals surface area contributed by atoms with E-state index in [1.807, 2.05) is 37.3 Å². The molecule has 3 aromatic rings. The third-order valence-electron chi connectivity index (χ3n) is 4.59. The van der Waals surface area contributed by atoms with Gasteiger partial charge in [0.1, 0.15) is 0 Å². The molecule has 150 valence electrons. The van der Waals surface area contributed by atoms with Gasteiger partial charge in [0.2, 0.25) is 0 Å². The predicted octanol–water partition coefficient (Wildman–Crippen LogP) is 3.89. The lowest BCUT2D eigenvalue weighted by Crippen LogP contribution is -2.31. The van der Waals surface area contributed by atoms with Crippen molar-refractivity contribution in [2.24, 2.45) is 0 Å². The van der Waals surface area contributed by atoms with Gasteiger partial charge in [-0.25, -0.2) is 4.79 Å². The lowest BCUT2D eigenvalue weighted by molar-refractivity contribution is -0.123. The number of nitrogens with one attached hydrogen (secondary N) is 1. The molecule has 0 aliphatic carbocycles. The molecule has 0 saturated heterocycles. The van der Waals surface area contributed by atoms with Crippen molar-refractivity contribution in [3.63, 3.8) is 0 Å². The van der Waals surface area contributed by atoms with Crippen LogP contribution in [0.15, 0.2) is 60.7 Å². The molecule has 1 unspecified atom stereocenters. The van der Waals surface area contributed by atoms with Crippen LogP contribution in [0, 0.1) is 0 Å². The number of amides is 1. The maximum atomic E-state index is 12.3. The molecule has 0 aliphatic rings. The summed E-state index contributed by atoms with van der Waals surface area (Å²) in [7, 11) is 2.77. The molecule has 0 spiro atoms. The molecule has 0 heterocycles. The van der Waals surface area contributed by atoms with E-state index in [9.17, 15) is 9.59 Å². The summed E-state index contributed by atoms with van der Waals surface area (Å²) in [6.07, 6.45) is 0. The van der Waals surface area contributed by atoms with Crippen LogP contribution in [-0.4, -0.2) is 32.7 Å². The van der Waals surface area contributed by atoms with Gasteiger partial charge in [0.15, 0.2) is 18.1 Å². The van der Waals surface area contributed by atoms with Crippen LogP contribution in [0.5, 0.6) is 11.5 Å². The highest BCUT2D eigenvalue weighted by molar-refractivity contribution is 5.90. The third-order valence-corrected chi connectivity index (χ3v) is 4.59. The second kappa shape index (κ2) is 9.10. The van der Waals surface area contributed by atoms with Crippen LogP contribution in [0.3, 0.4) is 0 Å². The number of hydrogen-bond acceptors (Lipinski definition) is 5. The van der Waals surface area contributed by atoms with E-state index >= 15 is 0 Å². The van der Waals surface area contributed by atoms with Crippen LogP contribution in [0.4, 0.5) is 0 Å². The summed E-state index contributed by atoms with van der Waals surface area (Å²) in [5.74, 6) is -0.0153. The fraction of sp³-hybridized carbons (Fsp3) is 0.217. The van der Waals surface area contributed by atoms with Gasteiger partial charge in [-0.05, 0) is 47.5 Å². The molecule has 0 fully saturated rings. The van der Waals surface area contributed by atoms with Crippen molar-refractivity contribution in [1.82, 2.24) is 5.32 Å². The summed E-state index contributed by atoms with van der Waals surface area (Å²) in [5, 5.41) is 5.20. The van der Waals surface area contributed by atoms with E-state index in [1.54, 1.807) is 12.1 Å². The number of rotatable bonds is 7. The molecule has 0 radical (unpaired) electrons. The van der Waals surface area contributed by atoms with Gasteiger partial charge in [-0.1, -0.05) is 36.4 Å². The van der Waals surface area contributed by atoms with Gasteiger partial charge in [-0.2, -0.15) is 0 Å². The summed E-state index contributed by atoms with van der Waals surface area (Å²) in [6.45, 7) is 1.75. The first kappa shape index (κ1) is 20.2. The van der Waals surface area contributed by atoms with E-state index in [0.717, 1.165) is 16.3 Å². The van der Waals surface area contributed by atoms with Gasteiger partial charge in [0.25, 0.3) is 5.91 Å². The Morgan fingerprint density at radius 3 is 2.41 bits per heavy atom. The van der Waals surface area contributed by atoms with Gasteiger partial charge in [-0.3, -0.25) is 4.79 Å². The second-order valence-corrected chi connectivity index (χ2v) is 6.54. The Morgan fingerprint density at radius 2 is 1.69 bits per heavy atom. The SMILES string of the molecule is COC(=O)c1ccc(OCC(=O)NC(C)c2ccc3ccccc3c2)c(OC)c1. The number of methoxy groups -OCH3 is 2. The van der Waals surface area contributed by atoms with Gasteiger partial charge in [0, 0.05) is 0 Å². The van der Waals surface area contributed by atoms with Crippen molar-refractivity contribution in [2.75, 3.05) is 20.8 Å². The average molecular weight is 393 g/mol. The minimum atomic E-state index is -0.475. The molecule has 0 aliphatic heterocycles. The van der Waals surface area contributed by atoms with Crippen molar-refractivity contribution >= 4 is 22.6 Å². The lowest BCUT2D eigenvalue weighted by Gasteiger charge is -2.16. The Kier molecular flexibility index (Phi) is 6.34. The fourth-order valence-electron chi connectivity index (χ4n) is 3.02. The summed E-state index contributed by atoms with van der Waals surface area (Å²) < 4.78 is 15.5. The lowest BCUT2D eigenvalue weighted by atomic mass is 10.0. The Morgan fingerprint density at radius 1 is 0.931 bits per heavy atom. The van der Waals surface area contributed by atoms with Crippen molar-refractivity contribution < 1.29 is 23.8 Å². The minimum absolute atomic E-state index is 0.167. The fourth-order valence-corrected chi connectivity index (χ4v) is 3.02. The maximum absolute atomic E-state index is 12.3. The molecule has 0 aromatic heterocycles. The van der Waals surface area contributed by atoms with E-state index in [4.69, 9.17) is 9.47 Å². The molecular weight excluding hydrogens is 370 g/mol. The summed E-state index contributed by atoms with van der Waals surface area (Å²) in [5.41, 5.74) is 1.35. The number of carbonyl (C=O) groups excluding carboxylic acids is 2. The predicted molar refractivity (Wildman–Crippen MR) is 110 cm³/mol.